The van der Waals surface area contributed by atoms with Crippen LogP contribution in [-0.2, 0) is 28.7 Å². The van der Waals surface area contributed by atoms with Crippen LogP contribution in [0.15, 0.2) is 12.7 Å². The Labute approximate surface area is 377 Å². The number of Topliss-reactive ketones (excluding diaryl/α,β-unsaturated/α-hetero) is 1. The highest BCUT2D eigenvalue weighted by molar-refractivity contribution is 8.00. The number of alkyl carbamates (subject to hydrolysis) is 1. The third kappa shape index (κ3) is 34.3. The van der Waals surface area contributed by atoms with E-state index in [9.17, 15) is 28.8 Å². The zero-order valence-electron chi connectivity index (χ0n) is 41.2. The predicted octanol–water partition coefficient (Wildman–Crippen LogP) is 9.58. The predicted molar refractivity (Wildman–Crippen MR) is 257 cm³/mol. The molecule has 3 rings (SSSR count). The fraction of sp³-hybridized carbons (Fsp3) is 0.833. The molecule has 0 aromatic heterocycles. The summed E-state index contributed by atoms with van der Waals surface area (Å²) < 4.78 is 6.07. The van der Waals surface area contributed by atoms with Crippen molar-refractivity contribution in [3.8, 4) is 0 Å². The summed E-state index contributed by atoms with van der Waals surface area (Å²) in [4.78, 5) is 70.8. The number of carbonyl (C=O) groups excluding carboxylic acids is 6. The largest absolute Gasteiger partial charge is 0.442 e. The number of amides is 4. The molecule has 0 radical (unpaired) electrons. The number of carbonyl (C=O) groups is 6. The van der Waals surface area contributed by atoms with E-state index in [1.165, 1.54) is 32.6 Å². The van der Waals surface area contributed by atoms with Gasteiger partial charge in [-0.05, 0) is 77.2 Å². The lowest BCUT2D eigenvalue weighted by Gasteiger charge is -2.38. The van der Waals surface area contributed by atoms with E-state index in [1.54, 1.807) is 18.0 Å². The molecule has 1 saturated heterocycles. The van der Waals surface area contributed by atoms with Crippen molar-refractivity contribution < 1.29 is 33.5 Å². The molecule has 1 heterocycles. The minimum atomic E-state index is -0.431. The van der Waals surface area contributed by atoms with Gasteiger partial charge in [-0.2, -0.15) is 11.8 Å². The van der Waals surface area contributed by atoms with Crippen LogP contribution in [0.2, 0.25) is 0 Å². The topological polar surface area (TPSA) is 163 Å². The molecule has 3 unspecified atom stereocenters. The molecule has 0 aromatic carbocycles. The molecule has 3 aliphatic rings. The first kappa shape index (κ1) is 62.4. The Morgan fingerprint density at radius 3 is 1.95 bits per heavy atom. The highest BCUT2D eigenvalue weighted by Crippen LogP contribution is 2.38. The maximum atomic E-state index is 12.4. The first-order chi connectivity index (χ1) is 29.0. The number of nitrogens with one attached hydrogen (secondary N) is 4. The number of ether oxygens (including phenoxy) is 1. The van der Waals surface area contributed by atoms with Crippen molar-refractivity contribution in [2.75, 3.05) is 32.4 Å². The first-order valence-corrected chi connectivity index (χ1v) is 24.6. The van der Waals surface area contributed by atoms with Crippen LogP contribution in [0.1, 0.15) is 186 Å². The number of hydrogen-bond acceptors (Lipinski definition) is 9. The SMILES string of the molecule is C=CCNC=O.CC.CC.CC(C)C.CCCCCCCC(C=O)NC(=O)OC1(CSC(C)(C)C)CCCCC1.CNCC(=O)N1CCCC1C(=O)NC(CC1CC1)C(C)=O. The van der Waals surface area contributed by atoms with Crippen LogP contribution >= 0.6 is 11.8 Å². The molecular formula is C48H93N5O7S. The molecule has 0 spiro atoms. The summed E-state index contributed by atoms with van der Waals surface area (Å²) in [5.74, 6) is 1.99. The first-order valence-electron chi connectivity index (χ1n) is 23.6. The average molecular weight is 884 g/mol. The van der Waals surface area contributed by atoms with Crippen molar-refractivity contribution in [3.63, 3.8) is 0 Å². The van der Waals surface area contributed by atoms with Crippen molar-refractivity contribution in [2.45, 2.75) is 214 Å². The van der Waals surface area contributed by atoms with Gasteiger partial charge in [-0.3, -0.25) is 19.2 Å². The van der Waals surface area contributed by atoms with Crippen LogP contribution in [0.3, 0.4) is 0 Å². The van der Waals surface area contributed by atoms with Crippen molar-refractivity contribution in [1.82, 2.24) is 26.2 Å². The van der Waals surface area contributed by atoms with E-state index >= 15 is 0 Å². The van der Waals surface area contributed by atoms with Crippen LogP contribution in [0.5, 0.6) is 0 Å². The number of likely N-dealkylation sites (N-methyl/N-ethyl adjacent to an activating group) is 1. The lowest BCUT2D eigenvalue weighted by Crippen LogP contribution is -2.51. The molecule has 1 aliphatic heterocycles. The van der Waals surface area contributed by atoms with Crippen LogP contribution in [0.4, 0.5) is 4.79 Å². The number of aldehydes is 1. The summed E-state index contributed by atoms with van der Waals surface area (Å²) in [5, 5.41) is 10.9. The van der Waals surface area contributed by atoms with Gasteiger partial charge in [0.2, 0.25) is 18.2 Å². The number of unbranched alkanes of at least 4 members (excludes halogenated alkanes) is 4. The highest BCUT2D eigenvalue weighted by atomic mass is 32.2. The third-order valence-electron chi connectivity index (χ3n) is 9.55. The van der Waals surface area contributed by atoms with E-state index in [2.05, 4.69) is 76.3 Å². The normalized spacial score (nSPS) is 17.1. The van der Waals surface area contributed by atoms with Gasteiger partial charge in [0.05, 0.1) is 18.6 Å². The Hall–Kier alpha value is -2.93. The molecule has 61 heavy (non-hydrogen) atoms. The summed E-state index contributed by atoms with van der Waals surface area (Å²) in [5.41, 5.74) is -0.380. The number of nitrogens with zero attached hydrogens (tertiary/aromatic N) is 1. The molecule has 4 amide bonds. The second-order valence-corrected chi connectivity index (χ2v) is 19.1. The minimum Gasteiger partial charge on any atom is -0.442 e. The molecule has 358 valence electrons. The number of rotatable bonds is 21. The molecule has 3 fully saturated rings. The van der Waals surface area contributed by atoms with Crippen molar-refractivity contribution >= 4 is 48.1 Å². The zero-order valence-corrected chi connectivity index (χ0v) is 42.0. The maximum absolute atomic E-state index is 12.4. The molecule has 4 N–H and O–H groups in total. The highest BCUT2D eigenvalue weighted by Gasteiger charge is 2.38. The van der Waals surface area contributed by atoms with Crippen molar-refractivity contribution in [1.29, 1.82) is 0 Å². The van der Waals surface area contributed by atoms with Gasteiger partial charge in [0.25, 0.3) is 0 Å². The standard InChI is InChI=1S/C21H39NO3S.C15H25N3O3.C4H7NO.C4H10.2C2H6/c1-5-6-7-8-10-13-18(16-23)22-19(24)25-21(14-11-9-12-15-21)17-26-20(2,3)4;1-10(19)12(8-11-5-6-11)17-15(21)13-4-3-7-18(13)14(20)9-16-2;1-2-3-5-4-6;1-4(2)3;2*1-2/h16,18H,5-15,17H2,1-4H3,(H,22,24);11-13,16H,3-9H2,1-2H3,(H,17,21);2,4H,1,3H2,(H,5,6);4H,1-3H3;2*1-2H3. The molecule has 12 nitrogen and oxygen atoms in total. The summed E-state index contributed by atoms with van der Waals surface area (Å²) >= 11 is 1.85. The zero-order chi connectivity index (χ0) is 47.3. The molecule has 0 aromatic rings. The third-order valence-corrected chi connectivity index (χ3v) is 11.1. The van der Waals surface area contributed by atoms with E-state index in [4.69, 9.17) is 4.74 Å². The van der Waals surface area contributed by atoms with Gasteiger partial charge in [-0.15, -0.1) is 6.58 Å². The molecule has 2 saturated carbocycles. The summed E-state index contributed by atoms with van der Waals surface area (Å²) in [6.45, 7) is 29.6. The molecule has 0 bridgehead atoms. The van der Waals surface area contributed by atoms with Gasteiger partial charge in [0.15, 0.2) is 5.78 Å². The van der Waals surface area contributed by atoms with Crippen LogP contribution in [0, 0.1) is 11.8 Å². The van der Waals surface area contributed by atoms with Gasteiger partial charge >= 0.3 is 6.09 Å². The number of likely N-dealkylation sites (tertiary alicyclic amines) is 1. The van der Waals surface area contributed by atoms with Gasteiger partial charge in [0.1, 0.15) is 17.9 Å². The Morgan fingerprint density at radius 1 is 0.902 bits per heavy atom. The Bertz CT molecular complexity index is 1160. The molecule has 2 aliphatic carbocycles. The van der Waals surface area contributed by atoms with Crippen molar-refractivity contribution in [3.05, 3.63) is 12.7 Å². The van der Waals surface area contributed by atoms with E-state index in [-0.39, 0.29) is 34.5 Å². The Balaban J connectivity index is -0.000000853. The van der Waals surface area contributed by atoms with E-state index < -0.39 is 24.2 Å². The average Bonchev–Trinajstić information content (AvgIpc) is 3.91. The smallest absolute Gasteiger partial charge is 0.408 e. The summed E-state index contributed by atoms with van der Waals surface area (Å²) in [7, 11) is 1.71. The van der Waals surface area contributed by atoms with E-state index in [0.717, 1.165) is 82.2 Å². The van der Waals surface area contributed by atoms with Crippen molar-refractivity contribution in [2.24, 2.45) is 11.8 Å². The molecule has 13 heteroatoms. The number of thioether (sulfide) groups is 1. The lowest BCUT2D eigenvalue weighted by atomic mass is 9.86. The quantitative estimate of drug-likeness (QED) is 0.0500. The lowest BCUT2D eigenvalue weighted by molar-refractivity contribution is -0.138. The summed E-state index contributed by atoms with van der Waals surface area (Å²) in [6.07, 6.45) is 18.9. The van der Waals surface area contributed by atoms with Crippen LogP contribution < -0.4 is 21.3 Å². The fourth-order valence-corrected chi connectivity index (χ4v) is 7.39. The minimum absolute atomic E-state index is 0.00125. The fourth-order valence-electron chi connectivity index (χ4n) is 6.34. The summed E-state index contributed by atoms with van der Waals surface area (Å²) in [6, 6.07) is -1.25. The molecule has 3 atom stereocenters. The second kappa shape index (κ2) is 38.7. The van der Waals surface area contributed by atoms with Crippen LogP contribution in [-0.4, -0.2) is 102 Å². The van der Waals surface area contributed by atoms with E-state index in [1.807, 2.05) is 39.5 Å². The Morgan fingerprint density at radius 2 is 1.49 bits per heavy atom. The van der Waals surface area contributed by atoms with Gasteiger partial charge in [-0.25, -0.2) is 4.79 Å². The second-order valence-electron chi connectivity index (χ2n) is 17.3. The number of ketones is 1. The maximum Gasteiger partial charge on any atom is 0.408 e. The molecular weight excluding hydrogens is 791 g/mol. The van der Waals surface area contributed by atoms with Crippen LogP contribution in [0.25, 0.3) is 0 Å². The van der Waals surface area contributed by atoms with Gasteiger partial charge < -0.3 is 35.7 Å². The number of hydrogen-bond donors (Lipinski definition) is 4. The monoisotopic (exact) mass is 884 g/mol. The Kier molecular flexibility index (Phi) is 39.6. The van der Waals surface area contributed by atoms with E-state index in [0.29, 0.717) is 38.3 Å². The van der Waals surface area contributed by atoms with Gasteiger partial charge in [0, 0.05) is 23.6 Å². The van der Waals surface area contributed by atoms with Gasteiger partial charge in [-0.1, -0.05) is 134 Å².